The molecule has 194 valence electrons. The van der Waals surface area contributed by atoms with Gasteiger partial charge >= 0.3 is 0 Å². The van der Waals surface area contributed by atoms with Crippen LogP contribution in [0.2, 0.25) is 0 Å². The van der Waals surface area contributed by atoms with Crippen molar-refractivity contribution in [2.45, 2.75) is 61.3 Å². The highest BCUT2D eigenvalue weighted by Crippen LogP contribution is 2.40. The Morgan fingerprint density at radius 1 is 0.556 bits per heavy atom. The second-order valence-electron chi connectivity index (χ2n) is 10.3. The number of benzene rings is 3. The smallest absolute Gasteiger partial charge is 0.0398 e. The van der Waals surface area contributed by atoms with Crippen LogP contribution < -0.4 is 14.7 Å². The second-order valence-corrected chi connectivity index (χ2v) is 10.3. The molecule has 3 rings (SSSR count). The Labute approximate surface area is 220 Å². The molecule has 0 spiro atoms. The zero-order valence-corrected chi connectivity index (χ0v) is 24.4. The topological polar surface area (TPSA) is 9.72 Å². The second kappa shape index (κ2) is 11.9. The van der Waals surface area contributed by atoms with Crippen LogP contribution in [-0.2, 0) is 0 Å². The summed E-state index contributed by atoms with van der Waals surface area (Å²) >= 11 is 0. The van der Waals surface area contributed by atoms with Crippen LogP contribution in [0.5, 0.6) is 0 Å². The third-order valence-corrected chi connectivity index (χ3v) is 7.74. The highest BCUT2D eigenvalue weighted by Gasteiger charge is 2.24. The summed E-state index contributed by atoms with van der Waals surface area (Å²) in [5, 5.41) is 0. The molecule has 0 heterocycles. The van der Waals surface area contributed by atoms with E-state index < -0.39 is 0 Å². The normalized spacial score (nSPS) is 11.2. The van der Waals surface area contributed by atoms with Crippen LogP contribution in [0.1, 0.15) is 72.6 Å². The fraction of sp³-hybridized carbons (Fsp3) is 0.455. The van der Waals surface area contributed by atoms with E-state index in [4.69, 9.17) is 0 Å². The first-order valence-corrected chi connectivity index (χ1v) is 13.7. The molecule has 0 fully saturated rings. The summed E-state index contributed by atoms with van der Waals surface area (Å²) < 4.78 is 0. The van der Waals surface area contributed by atoms with Gasteiger partial charge in [0.05, 0.1) is 0 Å². The van der Waals surface area contributed by atoms with Crippen molar-refractivity contribution in [1.29, 1.82) is 0 Å². The van der Waals surface area contributed by atoms with E-state index in [9.17, 15) is 0 Å². The number of anilines is 3. The fourth-order valence-electron chi connectivity index (χ4n) is 5.57. The molecule has 36 heavy (non-hydrogen) atoms. The number of hydrogen-bond donors (Lipinski definition) is 0. The molecule has 0 atom stereocenters. The quantitative estimate of drug-likeness (QED) is 0.271. The molecule has 3 heteroatoms. The van der Waals surface area contributed by atoms with Crippen LogP contribution in [0.15, 0.2) is 48.5 Å². The molecule has 3 aromatic carbocycles. The molecule has 0 unspecified atom stereocenters. The lowest BCUT2D eigenvalue weighted by atomic mass is 9.79. The number of rotatable bonds is 10. The largest absolute Gasteiger partial charge is 0.378 e. The number of nitrogens with zero attached hydrogens (tertiary/aromatic N) is 3. The van der Waals surface area contributed by atoms with Crippen LogP contribution in [0.4, 0.5) is 17.1 Å². The van der Waals surface area contributed by atoms with E-state index in [1.165, 1.54) is 56.0 Å². The molecule has 0 amide bonds. The molecule has 0 aromatic heterocycles. The first-order valence-electron chi connectivity index (χ1n) is 13.7. The first-order chi connectivity index (χ1) is 17.2. The molecule has 0 saturated carbocycles. The Hall–Kier alpha value is -2.94. The molecule has 3 nitrogen and oxygen atoms in total. The maximum absolute atomic E-state index is 2.46. The third kappa shape index (κ3) is 5.56. The summed E-state index contributed by atoms with van der Waals surface area (Å²) in [5.74, 6) is 0.190. The Balaban J connectivity index is 2.25. The number of aryl methyl sites for hydroxylation is 4. The van der Waals surface area contributed by atoms with Crippen molar-refractivity contribution in [1.82, 2.24) is 0 Å². The van der Waals surface area contributed by atoms with Gasteiger partial charge in [0.2, 0.25) is 0 Å². The molecular weight excluding hydrogens is 438 g/mol. The van der Waals surface area contributed by atoms with E-state index in [2.05, 4.69) is 133 Å². The van der Waals surface area contributed by atoms with Gasteiger partial charge in [-0.3, -0.25) is 0 Å². The summed E-state index contributed by atoms with van der Waals surface area (Å²) in [4.78, 5) is 7.09. The van der Waals surface area contributed by atoms with E-state index in [1.54, 1.807) is 0 Å². The van der Waals surface area contributed by atoms with Crippen molar-refractivity contribution in [3.05, 3.63) is 87.5 Å². The summed E-state index contributed by atoms with van der Waals surface area (Å²) in [6.45, 7) is 22.2. The molecule has 0 radical (unpaired) electrons. The predicted molar refractivity (Wildman–Crippen MR) is 161 cm³/mol. The third-order valence-electron chi connectivity index (χ3n) is 7.74. The van der Waals surface area contributed by atoms with Crippen molar-refractivity contribution in [3.8, 4) is 0 Å². The van der Waals surface area contributed by atoms with Gasteiger partial charge in [-0.25, -0.2) is 0 Å². The van der Waals surface area contributed by atoms with Gasteiger partial charge in [-0.2, -0.15) is 0 Å². The average Bonchev–Trinajstić information content (AvgIpc) is 2.86. The van der Waals surface area contributed by atoms with Gasteiger partial charge in [-0.1, -0.05) is 24.3 Å². The van der Waals surface area contributed by atoms with Gasteiger partial charge in [0.1, 0.15) is 0 Å². The van der Waals surface area contributed by atoms with Crippen LogP contribution in [-0.4, -0.2) is 40.3 Å². The zero-order chi connectivity index (χ0) is 26.6. The lowest BCUT2D eigenvalue weighted by Crippen LogP contribution is -2.23. The van der Waals surface area contributed by atoms with Crippen molar-refractivity contribution in [3.63, 3.8) is 0 Å². The predicted octanol–water partition coefficient (Wildman–Crippen LogP) is 7.86. The summed E-state index contributed by atoms with van der Waals surface area (Å²) in [6.07, 6.45) is 0. The Kier molecular flexibility index (Phi) is 9.11. The maximum Gasteiger partial charge on any atom is 0.0398 e. The van der Waals surface area contributed by atoms with Gasteiger partial charge in [0.15, 0.2) is 0 Å². The van der Waals surface area contributed by atoms with E-state index in [1.807, 2.05) is 0 Å². The highest BCUT2D eigenvalue weighted by atomic mass is 15.1. The molecular formula is C33H47N3. The molecule has 0 aliphatic heterocycles. The van der Waals surface area contributed by atoms with Gasteiger partial charge in [0, 0.05) is 63.3 Å². The van der Waals surface area contributed by atoms with Gasteiger partial charge in [-0.05, 0) is 119 Å². The van der Waals surface area contributed by atoms with Crippen molar-refractivity contribution >= 4 is 17.1 Å². The maximum atomic E-state index is 2.46. The van der Waals surface area contributed by atoms with E-state index in [0.717, 1.165) is 26.2 Å². The molecule has 3 aromatic rings. The van der Waals surface area contributed by atoms with E-state index in [0.29, 0.717) is 0 Å². The molecule has 0 N–H and O–H groups in total. The van der Waals surface area contributed by atoms with Gasteiger partial charge in [0.25, 0.3) is 0 Å². The SMILES string of the molecule is CCN(CC)c1cc(C)c(C(c2ccc(N(C)C)cc2)c2cc(C)c(N(CC)CC)cc2C)cc1C. The summed E-state index contributed by atoms with van der Waals surface area (Å²) in [7, 11) is 4.21. The minimum atomic E-state index is 0.190. The monoisotopic (exact) mass is 485 g/mol. The molecule has 0 aliphatic rings. The average molecular weight is 486 g/mol. The highest BCUT2D eigenvalue weighted by molar-refractivity contribution is 5.64. The van der Waals surface area contributed by atoms with Crippen LogP contribution in [0.3, 0.4) is 0 Å². The Morgan fingerprint density at radius 3 is 1.28 bits per heavy atom. The van der Waals surface area contributed by atoms with Crippen LogP contribution >= 0.6 is 0 Å². The van der Waals surface area contributed by atoms with Crippen molar-refractivity contribution in [2.75, 3.05) is 55.0 Å². The van der Waals surface area contributed by atoms with E-state index >= 15 is 0 Å². The lowest BCUT2D eigenvalue weighted by Gasteiger charge is -2.30. The standard InChI is InChI=1S/C33H47N3/c1-11-35(12-2)31-21-23(5)29(19-25(31)7)33(27-15-17-28(18-16-27)34(9)10)30-20-26(8)32(22-24(30)6)36(13-3)14-4/h15-22,33H,11-14H2,1-10H3. The van der Waals surface area contributed by atoms with Gasteiger partial charge in [-0.15, -0.1) is 0 Å². The van der Waals surface area contributed by atoms with E-state index in [-0.39, 0.29) is 5.92 Å². The summed E-state index contributed by atoms with van der Waals surface area (Å²) in [5.41, 5.74) is 13.5. The van der Waals surface area contributed by atoms with Crippen LogP contribution in [0.25, 0.3) is 0 Å². The Morgan fingerprint density at radius 2 is 0.944 bits per heavy atom. The Bertz CT molecular complexity index is 1090. The molecule has 0 aliphatic carbocycles. The summed E-state index contributed by atoms with van der Waals surface area (Å²) in [6, 6.07) is 18.8. The number of hydrogen-bond acceptors (Lipinski definition) is 3. The minimum absolute atomic E-state index is 0.190. The fourth-order valence-corrected chi connectivity index (χ4v) is 5.57. The van der Waals surface area contributed by atoms with Crippen molar-refractivity contribution < 1.29 is 0 Å². The van der Waals surface area contributed by atoms with Crippen molar-refractivity contribution in [2.24, 2.45) is 0 Å². The lowest BCUT2D eigenvalue weighted by molar-refractivity contribution is 0.853. The van der Waals surface area contributed by atoms with Gasteiger partial charge < -0.3 is 14.7 Å². The minimum Gasteiger partial charge on any atom is -0.378 e. The molecule has 0 saturated heterocycles. The molecule has 0 bridgehead atoms. The van der Waals surface area contributed by atoms with Crippen LogP contribution in [0, 0.1) is 27.7 Å². The first kappa shape index (κ1) is 27.6. The zero-order valence-electron chi connectivity index (χ0n) is 24.4.